The first-order valence-corrected chi connectivity index (χ1v) is 5.87. The van der Waals surface area contributed by atoms with E-state index < -0.39 is 36.5 Å². The zero-order chi connectivity index (χ0) is 12.9. The molecule has 0 unspecified atom stereocenters. The third-order valence-electron chi connectivity index (χ3n) is 3.30. The fraction of sp³-hybridized carbons (Fsp3) is 0.909. The topological polar surface area (TPSA) is 72.5 Å². The van der Waals surface area contributed by atoms with Crippen molar-refractivity contribution in [2.75, 3.05) is 13.7 Å². The molecule has 0 N–H and O–H groups in total. The fourth-order valence-electron chi connectivity index (χ4n) is 2.50. The minimum atomic E-state index is -0.732. The summed E-state index contributed by atoms with van der Waals surface area (Å²) in [7, 11) is 1.49. The smallest absolute Gasteiger partial charge is 0.424 e. The zero-order valence-corrected chi connectivity index (χ0v) is 10.5. The molecule has 3 aliphatic heterocycles. The Morgan fingerprint density at radius 3 is 2.67 bits per heavy atom. The van der Waals surface area contributed by atoms with Crippen molar-refractivity contribution in [3.05, 3.63) is 0 Å². The molecule has 0 saturated carbocycles. The van der Waals surface area contributed by atoms with Gasteiger partial charge in [0, 0.05) is 7.11 Å². The molecule has 18 heavy (non-hydrogen) atoms. The average molecular weight is 260 g/mol. The van der Waals surface area contributed by atoms with Gasteiger partial charge >= 0.3 is 6.16 Å². The van der Waals surface area contributed by atoms with Gasteiger partial charge in [0.05, 0.1) is 6.61 Å². The Kier molecular flexibility index (Phi) is 2.74. The van der Waals surface area contributed by atoms with Crippen LogP contribution in [0, 0.1) is 0 Å². The van der Waals surface area contributed by atoms with E-state index in [4.69, 9.17) is 28.4 Å². The summed E-state index contributed by atoms with van der Waals surface area (Å²) in [6, 6.07) is 0. The van der Waals surface area contributed by atoms with Crippen molar-refractivity contribution in [2.24, 2.45) is 0 Å². The Morgan fingerprint density at radius 1 is 1.22 bits per heavy atom. The fourth-order valence-corrected chi connectivity index (χ4v) is 2.50. The number of fused-ring (bicyclic) bond motifs is 3. The van der Waals surface area contributed by atoms with E-state index in [1.54, 1.807) is 13.8 Å². The van der Waals surface area contributed by atoms with E-state index in [1.165, 1.54) is 7.11 Å². The second-order valence-corrected chi connectivity index (χ2v) is 4.99. The first-order valence-electron chi connectivity index (χ1n) is 5.87. The summed E-state index contributed by atoms with van der Waals surface area (Å²) in [4.78, 5) is 11.3. The maximum Gasteiger partial charge on any atom is 0.509 e. The molecule has 3 saturated heterocycles. The van der Waals surface area contributed by atoms with Crippen LogP contribution in [-0.4, -0.2) is 56.4 Å². The third-order valence-corrected chi connectivity index (χ3v) is 3.30. The monoisotopic (exact) mass is 260 g/mol. The first-order chi connectivity index (χ1) is 8.50. The van der Waals surface area contributed by atoms with Gasteiger partial charge < -0.3 is 28.4 Å². The Bertz CT molecular complexity index is 355. The highest BCUT2D eigenvalue weighted by Crippen LogP contribution is 2.37. The van der Waals surface area contributed by atoms with Gasteiger partial charge in [-0.3, -0.25) is 0 Å². The maximum absolute atomic E-state index is 11.3. The van der Waals surface area contributed by atoms with Crippen molar-refractivity contribution in [1.82, 2.24) is 0 Å². The standard InChI is InChI=1S/C11H16O7/c1-11(2)14-4-5-6(18-11)7-8(9(13-3)15-5)17-10(12)16-7/h5-9H,4H2,1-3H3/t5-,6+,7-,8-,9-/m1/s1. The maximum atomic E-state index is 11.3. The van der Waals surface area contributed by atoms with Gasteiger partial charge in [-0.25, -0.2) is 4.79 Å². The molecule has 0 amide bonds. The van der Waals surface area contributed by atoms with Gasteiger partial charge in [0.2, 0.25) is 0 Å². The molecule has 3 aliphatic rings. The van der Waals surface area contributed by atoms with Gasteiger partial charge in [-0.2, -0.15) is 0 Å². The molecule has 3 rings (SSSR count). The third kappa shape index (κ3) is 1.87. The van der Waals surface area contributed by atoms with Crippen LogP contribution in [0.15, 0.2) is 0 Å². The Hall–Kier alpha value is -0.890. The molecule has 0 aromatic heterocycles. The Balaban J connectivity index is 1.84. The minimum absolute atomic E-state index is 0.335. The van der Waals surface area contributed by atoms with Crippen LogP contribution in [0.4, 0.5) is 4.79 Å². The first kappa shape index (κ1) is 12.2. The lowest BCUT2D eigenvalue weighted by Crippen LogP contribution is -2.63. The molecule has 0 bridgehead atoms. The largest absolute Gasteiger partial charge is 0.509 e. The van der Waals surface area contributed by atoms with Crippen molar-refractivity contribution < 1.29 is 33.2 Å². The number of rotatable bonds is 1. The van der Waals surface area contributed by atoms with Crippen molar-refractivity contribution in [3.63, 3.8) is 0 Å². The van der Waals surface area contributed by atoms with E-state index >= 15 is 0 Å². The molecule has 0 spiro atoms. The molecule has 0 radical (unpaired) electrons. The van der Waals surface area contributed by atoms with Gasteiger partial charge in [-0.15, -0.1) is 0 Å². The predicted molar refractivity (Wildman–Crippen MR) is 55.7 cm³/mol. The highest BCUT2D eigenvalue weighted by molar-refractivity contribution is 5.63. The minimum Gasteiger partial charge on any atom is -0.424 e. The highest BCUT2D eigenvalue weighted by Gasteiger charge is 2.58. The summed E-state index contributed by atoms with van der Waals surface area (Å²) in [6.45, 7) is 3.97. The summed E-state index contributed by atoms with van der Waals surface area (Å²) in [5.74, 6) is -0.732. The quantitative estimate of drug-likeness (QED) is 0.632. The molecule has 0 aromatic carbocycles. The van der Waals surface area contributed by atoms with Gasteiger partial charge in [-0.1, -0.05) is 0 Å². The molecule has 102 valence electrons. The number of hydrogen-bond donors (Lipinski definition) is 0. The van der Waals surface area contributed by atoms with Crippen LogP contribution < -0.4 is 0 Å². The molecule has 0 aromatic rings. The van der Waals surface area contributed by atoms with Crippen molar-refractivity contribution in [3.8, 4) is 0 Å². The van der Waals surface area contributed by atoms with Gasteiger partial charge in [-0.05, 0) is 13.8 Å². The molecule has 7 nitrogen and oxygen atoms in total. The summed E-state index contributed by atoms with van der Waals surface area (Å²) in [5.41, 5.74) is 0. The van der Waals surface area contributed by atoms with E-state index in [1.807, 2.05) is 0 Å². The van der Waals surface area contributed by atoms with Crippen LogP contribution >= 0.6 is 0 Å². The molecular weight excluding hydrogens is 244 g/mol. The van der Waals surface area contributed by atoms with E-state index in [-0.39, 0.29) is 6.10 Å². The highest BCUT2D eigenvalue weighted by atomic mass is 16.8. The van der Waals surface area contributed by atoms with Crippen LogP contribution in [0.1, 0.15) is 13.8 Å². The van der Waals surface area contributed by atoms with E-state index in [0.29, 0.717) is 6.61 Å². The van der Waals surface area contributed by atoms with Crippen molar-refractivity contribution >= 4 is 6.16 Å². The van der Waals surface area contributed by atoms with Crippen molar-refractivity contribution in [2.45, 2.75) is 50.3 Å². The van der Waals surface area contributed by atoms with Crippen LogP contribution in [-0.2, 0) is 28.4 Å². The SMILES string of the molecule is CO[C@@H]1O[C@@H]2COC(C)(C)O[C@@H]2[C@H]2OC(=O)O[C@@H]12. The lowest BCUT2D eigenvalue weighted by molar-refractivity contribution is -0.368. The zero-order valence-electron chi connectivity index (χ0n) is 10.5. The second-order valence-electron chi connectivity index (χ2n) is 4.99. The second kappa shape index (κ2) is 4.06. The van der Waals surface area contributed by atoms with Crippen LogP contribution in [0.25, 0.3) is 0 Å². The number of carbonyl (C=O) groups excluding carboxylic acids is 1. The normalized spacial score (nSPS) is 45.7. The Labute approximate surface area is 104 Å². The van der Waals surface area contributed by atoms with Crippen molar-refractivity contribution in [1.29, 1.82) is 0 Å². The van der Waals surface area contributed by atoms with Crippen LogP contribution in [0.3, 0.4) is 0 Å². The van der Waals surface area contributed by atoms with Crippen LogP contribution in [0.5, 0.6) is 0 Å². The number of carbonyl (C=O) groups is 1. The average Bonchev–Trinajstić information content (AvgIpc) is 2.69. The summed E-state index contributed by atoms with van der Waals surface area (Å²) < 4.78 is 32.3. The molecular formula is C11H16O7. The van der Waals surface area contributed by atoms with Gasteiger partial charge in [0.25, 0.3) is 0 Å². The lowest BCUT2D eigenvalue weighted by Gasteiger charge is -2.47. The molecule has 3 fully saturated rings. The molecule has 7 heteroatoms. The summed E-state index contributed by atoms with van der Waals surface area (Å²) in [5, 5.41) is 0. The Morgan fingerprint density at radius 2 is 1.94 bits per heavy atom. The lowest BCUT2D eigenvalue weighted by atomic mass is 9.97. The molecule has 0 aliphatic carbocycles. The molecule has 5 atom stereocenters. The van der Waals surface area contributed by atoms with Crippen LogP contribution in [0.2, 0.25) is 0 Å². The van der Waals surface area contributed by atoms with Gasteiger partial charge in [0.15, 0.2) is 24.3 Å². The number of ether oxygens (including phenoxy) is 6. The predicted octanol–water partition coefficient (Wildman–Crippen LogP) is 0.413. The van der Waals surface area contributed by atoms with E-state index in [0.717, 1.165) is 0 Å². The van der Waals surface area contributed by atoms with E-state index in [9.17, 15) is 4.79 Å². The van der Waals surface area contributed by atoms with Gasteiger partial charge in [0.1, 0.15) is 12.2 Å². The molecule has 3 heterocycles. The van der Waals surface area contributed by atoms with E-state index in [2.05, 4.69) is 0 Å². The number of hydrogen-bond acceptors (Lipinski definition) is 7. The number of methoxy groups -OCH3 is 1. The summed E-state index contributed by atoms with van der Waals surface area (Å²) in [6.07, 6.45) is -3.24. The summed E-state index contributed by atoms with van der Waals surface area (Å²) >= 11 is 0.